The Balaban J connectivity index is 2.30. The molecule has 4 nitrogen and oxygen atoms in total. The summed E-state index contributed by atoms with van der Waals surface area (Å²) in [5.41, 5.74) is 0.966. The van der Waals surface area contributed by atoms with Gasteiger partial charge in [0.25, 0.3) is 0 Å². The topological polar surface area (TPSA) is 47.6 Å². The maximum Gasteiger partial charge on any atom is 0.407 e. The van der Waals surface area contributed by atoms with Crippen LogP contribution < -0.4 is 10.1 Å². The van der Waals surface area contributed by atoms with Crippen LogP contribution in [0.3, 0.4) is 0 Å². The van der Waals surface area contributed by atoms with Crippen LogP contribution in [0.2, 0.25) is 0 Å². The summed E-state index contributed by atoms with van der Waals surface area (Å²) in [5.74, 6) is 0.774. The van der Waals surface area contributed by atoms with Gasteiger partial charge < -0.3 is 14.8 Å². The molecule has 1 aromatic rings. The summed E-state index contributed by atoms with van der Waals surface area (Å²) in [6, 6.07) is 5.69. The highest BCUT2D eigenvalue weighted by Gasteiger charge is 2.23. The van der Waals surface area contributed by atoms with E-state index in [4.69, 9.17) is 9.47 Å². The van der Waals surface area contributed by atoms with Gasteiger partial charge in [-0.3, -0.25) is 0 Å². The maximum absolute atomic E-state index is 11.1. The number of ether oxygens (including phenoxy) is 2. The summed E-state index contributed by atoms with van der Waals surface area (Å²) in [4.78, 5) is 11.1. The highest BCUT2D eigenvalue weighted by Crippen LogP contribution is 2.31. The van der Waals surface area contributed by atoms with Crippen LogP contribution in [0, 0.1) is 0 Å². The average molecular weight is 286 g/mol. The third-order valence-electron chi connectivity index (χ3n) is 2.50. The highest BCUT2D eigenvalue weighted by molar-refractivity contribution is 9.10. The number of rotatable bonds is 2. The quantitative estimate of drug-likeness (QED) is 0.909. The predicted molar refractivity (Wildman–Crippen MR) is 62.5 cm³/mol. The Hall–Kier alpha value is -1.23. The number of hydrogen-bond donors (Lipinski definition) is 1. The second-order valence-corrected chi connectivity index (χ2v) is 4.42. The van der Waals surface area contributed by atoms with Crippen molar-refractivity contribution in [2.75, 3.05) is 13.7 Å². The molecule has 1 aliphatic heterocycles. The standard InChI is InChI=1S/C11H12BrNO3/c1-15-10-3-2-7(12)6-8(10)9-4-5-16-11(14)13-9/h2-3,6,9H,4-5H2,1H3,(H,13,14)/t9-/m0/s1. The van der Waals surface area contributed by atoms with Crippen LogP contribution in [0.25, 0.3) is 0 Å². The molecule has 0 spiro atoms. The van der Waals surface area contributed by atoms with Gasteiger partial charge in [0.1, 0.15) is 5.75 Å². The first-order valence-electron chi connectivity index (χ1n) is 4.97. The molecule has 0 radical (unpaired) electrons. The lowest BCUT2D eigenvalue weighted by Gasteiger charge is -2.25. The summed E-state index contributed by atoms with van der Waals surface area (Å²) in [7, 11) is 1.62. The summed E-state index contributed by atoms with van der Waals surface area (Å²) in [6.45, 7) is 0.437. The Morgan fingerprint density at radius 3 is 3.06 bits per heavy atom. The first kappa shape index (κ1) is 11.3. The lowest BCUT2D eigenvalue weighted by atomic mass is 10.0. The van der Waals surface area contributed by atoms with Crippen molar-refractivity contribution >= 4 is 22.0 Å². The lowest BCUT2D eigenvalue weighted by Crippen LogP contribution is -2.35. The average Bonchev–Trinajstić information content (AvgIpc) is 2.29. The minimum atomic E-state index is -0.377. The molecule has 1 heterocycles. The van der Waals surface area contributed by atoms with E-state index in [1.807, 2.05) is 18.2 Å². The Morgan fingerprint density at radius 2 is 2.38 bits per heavy atom. The van der Waals surface area contributed by atoms with Crippen LogP contribution in [0.5, 0.6) is 5.75 Å². The van der Waals surface area contributed by atoms with Crippen LogP contribution >= 0.6 is 15.9 Å². The Morgan fingerprint density at radius 1 is 1.56 bits per heavy atom. The second-order valence-electron chi connectivity index (χ2n) is 3.51. The van der Waals surface area contributed by atoms with Gasteiger partial charge >= 0.3 is 6.09 Å². The van der Waals surface area contributed by atoms with E-state index in [1.165, 1.54) is 0 Å². The SMILES string of the molecule is COc1ccc(Br)cc1[C@@H]1CCOC(=O)N1. The number of carbonyl (C=O) groups is 1. The fourth-order valence-electron chi connectivity index (χ4n) is 1.74. The minimum Gasteiger partial charge on any atom is -0.496 e. The fourth-order valence-corrected chi connectivity index (χ4v) is 2.12. The molecule has 0 saturated carbocycles. The van der Waals surface area contributed by atoms with Crippen molar-refractivity contribution in [1.82, 2.24) is 5.32 Å². The number of hydrogen-bond acceptors (Lipinski definition) is 3. The van der Waals surface area contributed by atoms with E-state index in [1.54, 1.807) is 7.11 Å². The molecule has 0 bridgehead atoms. The van der Waals surface area contributed by atoms with E-state index in [0.29, 0.717) is 6.61 Å². The molecule has 0 aliphatic carbocycles. The van der Waals surface area contributed by atoms with Gasteiger partial charge in [0.2, 0.25) is 0 Å². The number of halogens is 1. The third kappa shape index (κ3) is 2.29. The van der Waals surface area contributed by atoms with Crippen molar-refractivity contribution in [2.45, 2.75) is 12.5 Å². The van der Waals surface area contributed by atoms with Crippen molar-refractivity contribution in [2.24, 2.45) is 0 Å². The first-order valence-corrected chi connectivity index (χ1v) is 5.76. The Labute approximate surface area is 102 Å². The van der Waals surface area contributed by atoms with Crippen LogP contribution in [0.15, 0.2) is 22.7 Å². The zero-order valence-electron chi connectivity index (χ0n) is 8.83. The zero-order chi connectivity index (χ0) is 11.5. The van der Waals surface area contributed by atoms with E-state index >= 15 is 0 Å². The molecule has 0 aromatic heterocycles. The number of amides is 1. The van der Waals surface area contributed by atoms with Gasteiger partial charge in [-0.1, -0.05) is 15.9 Å². The van der Waals surface area contributed by atoms with Crippen LogP contribution in [0.4, 0.5) is 4.79 Å². The lowest BCUT2D eigenvalue weighted by molar-refractivity contribution is 0.115. The smallest absolute Gasteiger partial charge is 0.407 e. The van der Waals surface area contributed by atoms with Crippen molar-refractivity contribution in [3.8, 4) is 5.75 Å². The summed E-state index contributed by atoms with van der Waals surface area (Å²) in [5, 5.41) is 2.77. The number of carbonyl (C=O) groups excluding carboxylic acids is 1. The number of alkyl carbamates (subject to hydrolysis) is 1. The van der Waals surface area contributed by atoms with Gasteiger partial charge in [0, 0.05) is 16.5 Å². The molecule has 86 valence electrons. The van der Waals surface area contributed by atoms with Crippen molar-refractivity contribution in [3.63, 3.8) is 0 Å². The minimum absolute atomic E-state index is 0.0475. The monoisotopic (exact) mass is 285 g/mol. The number of methoxy groups -OCH3 is 1. The van der Waals surface area contributed by atoms with Crippen LogP contribution in [0.1, 0.15) is 18.0 Å². The Kier molecular flexibility index (Phi) is 3.33. The van der Waals surface area contributed by atoms with Gasteiger partial charge in [0.15, 0.2) is 0 Å². The van der Waals surface area contributed by atoms with Crippen LogP contribution in [-0.2, 0) is 4.74 Å². The molecular formula is C11H12BrNO3. The number of nitrogens with one attached hydrogen (secondary N) is 1. The van der Waals surface area contributed by atoms with Gasteiger partial charge in [-0.2, -0.15) is 0 Å². The molecule has 16 heavy (non-hydrogen) atoms. The summed E-state index contributed by atoms with van der Waals surface area (Å²) in [6.07, 6.45) is 0.372. The highest BCUT2D eigenvalue weighted by atomic mass is 79.9. The molecular weight excluding hydrogens is 274 g/mol. The molecule has 5 heteroatoms. The van der Waals surface area contributed by atoms with Crippen molar-refractivity contribution in [3.05, 3.63) is 28.2 Å². The second kappa shape index (κ2) is 4.74. The molecule has 1 aromatic carbocycles. The summed E-state index contributed by atoms with van der Waals surface area (Å²) >= 11 is 3.41. The third-order valence-corrected chi connectivity index (χ3v) is 2.99. The van der Waals surface area contributed by atoms with Crippen LogP contribution in [-0.4, -0.2) is 19.8 Å². The van der Waals surface area contributed by atoms with Crippen molar-refractivity contribution < 1.29 is 14.3 Å². The molecule has 1 amide bonds. The fraction of sp³-hybridized carbons (Fsp3) is 0.364. The maximum atomic E-state index is 11.1. The predicted octanol–water partition coefficient (Wildman–Crippen LogP) is 2.63. The molecule has 1 atom stereocenters. The van der Waals surface area contributed by atoms with E-state index in [-0.39, 0.29) is 12.1 Å². The molecule has 1 fully saturated rings. The van der Waals surface area contributed by atoms with E-state index in [0.717, 1.165) is 22.2 Å². The molecule has 0 unspecified atom stereocenters. The number of benzene rings is 1. The molecule has 2 rings (SSSR count). The number of cyclic esters (lactones) is 1. The van der Waals surface area contributed by atoms with Gasteiger partial charge in [-0.25, -0.2) is 4.79 Å². The molecule has 1 N–H and O–H groups in total. The Bertz CT molecular complexity index is 408. The van der Waals surface area contributed by atoms with Gasteiger partial charge in [-0.15, -0.1) is 0 Å². The first-order chi connectivity index (χ1) is 7.70. The molecule has 1 aliphatic rings. The largest absolute Gasteiger partial charge is 0.496 e. The van der Waals surface area contributed by atoms with E-state index < -0.39 is 0 Å². The van der Waals surface area contributed by atoms with Gasteiger partial charge in [0.05, 0.1) is 19.8 Å². The van der Waals surface area contributed by atoms with Gasteiger partial charge in [-0.05, 0) is 18.2 Å². The normalized spacial score (nSPS) is 19.9. The zero-order valence-corrected chi connectivity index (χ0v) is 10.4. The van der Waals surface area contributed by atoms with Crippen molar-refractivity contribution in [1.29, 1.82) is 0 Å². The van der Waals surface area contributed by atoms with E-state index in [2.05, 4.69) is 21.2 Å². The molecule has 1 saturated heterocycles. The van der Waals surface area contributed by atoms with E-state index in [9.17, 15) is 4.79 Å². The summed E-state index contributed by atoms with van der Waals surface area (Å²) < 4.78 is 11.1.